The van der Waals surface area contributed by atoms with Gasteiger partial charge in [-0.25, -0.2) is 0 Å². The maximum Gasteiger partial charge on any atom is 0.314 e. The van der Waals surface area contributed by atoms with Crippen molar-refractivity contribution < 1.29 is 19.1 Å². The van der Waals surface area contributed by atoms with E-state index >= 15 is 0 Å². The van der Waals surface area contributed by atoms with E-state index in [0.29, 0.717) is 22.9 Å². The molecule has 6 nitrogen and oxygen atoms in total. The van der Waals surface area contributed by atoms with Gasteiger partial charge >= 0.3 is 11.8 Å². The van der Waals surface area contributed by atoms with Crippen LogP contribution in [0, 0.1) is 6.92 Å². The van der Waals surface area contributed by atoms with Crippen molar-refractivity contribution in [3.05, 3.63) is 47.5 Å². The average Bonchev–Trinajstić information content (AvgIpc) is 2.63. The van der Waals surface area contributed by atoms with Gasteiger partial charge in [0.05, 0.1) is 19.9 Å². The van der Waals surface area contributed by atoms with E-state index in [1.807, 2.05) is 32.0 Å². The standard InChI is InChI=1S/C19H22N2O4/c1-5-13-8-6-7-12(2)17(13)21-19(23)18(22)20-15-10-9-14(24-3)11-16(15)25-4/h6-11H,5H2,1-4H3,(H,20,22)(H,21,23). The van der Waals surface area contributed by atoms with Crippen LogP contribution in [0.15, 0.2) is 36.4 Å². The van der Waals surface area contributed by atoms with Gasteiger partial charge in [-0.05, 0) is 36.6 Å². The first-order valence-corrected chi connectivity index (χ1v) is 7.93. The van der Waals surface area contributed by atoms with Gasteiger partial charge < -0.3 is 20.1 Å². The Hall–Kier alpha value is -3.02. The van der Waals surface area contributed by atoms with E-state index < -0.39 is 11.8 Å². The molecule has 0 fully saturated rings. The minimum Gasteiger partial charge on any atom is -0.497 e. The van der Waals surface area contributed by atoms with Crippen LogP contribution in [0.1, 0.15) is 18.1 Å². The van der Waals surface area contributed by atoms with Gasteiger partial charge in [0.2, 0.25) is 0 Å². The number of hydrogen-bond acceptors (Lipinski definition) is 4. The highest BCUT2D eigenvalue weighted by Crippen LogP contribution is 2.29. The number of nitrogens with one attached hydrogen (secondary N) is 2. The SMILES string of the molecule is CCc1cccc(C)c1NC(=O)C(=O)Nc1ccc(OC)cc1OC. The highest BCUT2D eigenvalue weighted by atomic mass is 16.5. The van der Waals surface area contributed by atoms with E-state index in [4.69, 9.17) is 9.47 Å². The van der Waals surface area contributed by atoms with Crippen LogP contribution >= 0.6 is 0 Å². The molecule has 2 N–H and O–H groups in total. The lowest BCUT2D eigenvalue weighted by Gasteiger charge is -2.14. The van der Waals surface area contributed by atoms with Crippen molar-refractivity contribution in [3.63, 3.8) is 0 Å². The second-order valence-corrected chi connectivity index (χ2v) is 5.44. The molecular formula is C19H22N2O4. The molecule has 0 aliphatic rings. The fourth-order valence-corrected chi connectivity index (χ4v) is 2.45. The van der Waals surface area contributed by atoms with Gasteiger partial charge in [-0.3, -0.25) is 9.59 Å². The number of para-hydroxylation sites is 1. The lowest BCUT2D eigenvalue weighted by molar-refractivity contribution is -0.133. The van der Waals surface area contributed by atoms with E-state index in [1.165, 1.54) is 14.2 Å². The molecule has 0 radical (unpaired) electrons. The minimum atomic E-state index is -0.770. The molecule has 0 spiro atoms. The Labute approximate surface area is 147 Å². The van der Waals surface area contributed by atoms with Gasteiger partial charge in [-0.1, -0.05) is 25.1 Å². The topological polar surface area (TPSA) is 76.7 Å². The average molecular weight is 342 g/mol. The van der Waals surface area contributed by atoms with Crippen LogP contribution < -0.4 is 20.1 Å². The van der Waals surface area contributed by atoms with Crippen LogP contribution in [-0.4, -0.2) is 26.0 Å². The van der Waals surface area contributed by atoms with Crippen LogP contribution in [0.4, 0.5) is 11.4 Å². The number of amides is 2. The molecule has 2 aromatic rings. The summed E-state index contributed by atoms with van der Waals surface area (Å²) in [5, 5.41) is 5.25. The first kappa shape index (κ1) is 18.3. The van der Waals surface area contributed by atoms with Crippen molar-refractivity contribution in [2.45, 2.75) is 20.3 Å². The third-order valence-electron chi connectivity index (χ3n) is 3.84. The quantitative estimate of drug-likeness (QED) is 0.819. The summed E-state index contributed by atoms with van der Waals surface area (Å²) >= 11 is 0. The first-order valence-electron chi connectivity index (χ1n) is 7.93. The number of methoxy groups -OCH3 is 2. The monoisotopic (exact) mass is 342 g/mol. The molecule has 6 heteroatoms. The zero-order valence-electron chi connectivity index (χ0n) is 14.8. The number of anilines is 2. The largest absolute Gasteiger partial charge is 0.497 e. The van der Waals surface area contributed by atoms with Crippen molar-refractivity contribution in [1.29, 1.82) is 0 Å². The smallest absolute Gasteiger partial charge is 0.314 e. The van der Waals surface area contributed by atoms with Gasteiger partial charge in [0.25, 0.3) is 0 Å². The Morgan fingerprint density at radius 3 is 2.36 bits per heavy atom. The van der Waals surface area contributed by atoms with Crippen LogP contribution in [0.3, 0.4) is 0 Å². The molecule has 2 aromatic carbocycles. The second kappa shape index (κ2) is 8.19. The number of carbonyl (C=O) groups is 2. The molecule has 0 saturated heterocycles. The summed E-state index contributed by atoms with van der Waals surface area (Å²) in [6.45, 7) is 3.88. The van der Waals surface area contributed by atoms with Gasteiger partial charge in [0.15, 0.2) is 0 Å². The maximum atomic E-state index is 12.3. The molecule has 25 heavy (non-hydrogen) atoms. The lowest BCUT2D eigenvalue weighted by Crippen LogP contribution is -2.30. The molecular weight excluding hydrogens is 320 g/mol. The van der Waals surface area contributed by atoms with Crippen molar-refractivity contribution in [1.82, 2.24) is 0 Å². The molecule has 2 rings (SSSR count). The van der Waals surface area contributed by atoms with E-state index in [2.05, 4.69) is 10.6 Å². The molecule has 0 aromatic heterocycles. The molecule has 0 aliphatic carbocycles. The maximum absolute atomic E-state index is 12.3. The highest BCUT2D eigenvalue weighted by Gasteiger charge is 2.18. The highest BCUT2D eigenvalue weighted by molar-refractivity contribution is 6.44. The zero-order valence-corrected chi connectivity index (χ0v) is 14.8. The summed E-state index contributed by atoms with van der Waals surface area (Å²) < 4.78 is 10.3. The van der Waals surface area contributed by atoms with Gasteiger partial charge in [-0.2, -0.15) is 0 Å². The fourth-order valence-electron chi connectivity index (χ4n) is 2.45. The molecule has 0 atom stereocenters. The summed E-state index contributed by atoms with van der Waals surface area (Å²) in [7, 11) is 3.01. The Morgan fingerprint density at radius 1 is 1.00 bits per heavy atom. The number of carbonyl (C=O) groups excluding carboxylic acids is 2. The fraction of sp³-hybridized carbons (Fsp3) is 0.263. The number of ether oxygens (including phenoxy) is 2. The Bertz CT molecular complexity index is 787. The van der Waals surface area contributed by atoms with Crippen molar-refractivity contribution in [2.75, 3.05) is 24.9 Å². The Balaban J connectivity index is 2.15. The third kappa shape index (κ3) is 4.29. The van der Waals surface area contributed by atoms with Crippen molar-refractivity contribution >= 4 is 23.2 Å². The van der Waals surface area contributed by atoms with Gasteiger partial charge in [-0.15, -0.1) is 0 Å². The normalized spacial score (nSPS) is 10.1. The Kier molecular flexibility index (Phi) is 6.00. The molecule has 0 saturated carbocycles. The van der Waals surface area contributed by atoms with E-state index in [-0.39, 0.29) is 0 Å². The number of rotatable bonds is 5. The van der Waals surface area contributed by atoms with Gasteiger partial charge in [0, 0.05) is 11.8 Å². The van der Waals surface area contributed by atoms with Crippen LogP contribution in [0.25, 0.3) is 0 Å². The van der Waals surface area contributed by atoms with E-state index in [0.717, 1.165) is 17.5 Å². The summed E-state index contributed by atoms with van der Waals surface area (Å²) in [6, 6.07) is 10.7. The van der Waals surface area contributed by atoms with Crippen LogP contribution in [0.2, 0.25) is 0 Å². The number of hydrogen-bond donors (Lipinski definition) is 2. The van der Waals surface area contributed by atoms with Gasteiger partial charge in [0.1, 0.15) is 11.5 Å². The summed E-state index contributed by atoms with van der Waals surface area (Å²) in [6.07, 6.45) is 0.755. The zero-order chi connectivity index (χ0) is 18.4. The predicted molar refractivity (Wildman–Crippen MR) is 97.4 cm³/mol. The third-order valence-corrected chi connectivity index (χ3v) is 3.84. The first-order chi connectivity index (χ1) is 12.0. The molecule has 2 amide bonds. The van der Waals surface area contributed by atoms with E-state index in [1.54, 1.807) is 18.2 Å². The lowest BCUT2D eigenvalue weighted by atomic mass is 10.1. The van der Waals surface area contributed by atoms with E-state index in [9.17, 15) is 9.59 Å². The minimum absolute atomic E-state index is 0.393. The predicted octanol–water partition coefficient (Wildman–Crippen LogP) is 3.15. The number of benzene rings is 2. The Morgan fingerprint density at radius 2 is 1.72 bits per heavy atom. The van der Waals surface area contributed by atoms with Crippen molar-refractivity contribution in [3.8, 4) is 11.5 Å². The molecule has 0 unspecified atom stereocenters. The second-order valence-electron chi connectivity index (χ2n) is 5.44. The summed E-state index contributed by atoms with van der Waals surface area (Å²) in [4.78, 5) is 24.5. The molecule has 0 heterocycles. The van der Waals surface area contributed by atoms with Crippen LogP contribution in [0.5, 0.6) is 11.5 Å². The molecule has 0 aliphatic heterocycles. The molecule has 132 valence electrons. The van der Waals surface area contributed by atoms with Crippen molar-refractivity contribution in [2.24, 2.45) is 0 Å². The molecule has 0 bridgehead atoms. The van der Waals surface area contributed by atoms with Crippen LogP contribution in [-0.2, 0) is 16.0 Å². The summed E-state index contributed by atoms with van der Waals surface area (Å²) in [5.41, 5.74) is 2.95. The summed E-state index contributed by atoms with van der Waals surface area (Å²) in [5.74, 6) is -0.506. The number of aryl methyl sites for hydroxylation is 2.